The van der Waals surface area contributed by atoms with E-state index in [9.17, 15) is 14.0 Å². The van der Waals surface area contributed by atoms with Crippen LogP contribution >= 0.6 is 11.3 Å². The van der Waals surface area contributed by atoms with E-state index in [-0.39, 0.29) is 30.2 Å². The Morgan fingerprint density at radius 2 is 1.69 bits per heavy atom. The molecule has 0 aliphatic heterocycles. The molecule has 0 unspecified atom stereocenters. The first-order valence-corrected chi connectivity index (χ1v) is 11.7. The fourth-order valence-corrected chi connectivity index (χ4v) is 4.67. The fourth-order valence-electron chi connectivity index (χ4n) is 3.77. The molecule has 1 aromatic heterocycles. The predicted octanol–water partition coefficient (Wildman–Crippen LogP) is 5.34. The Morgan fingerprint density at radius 1 is 0.969 bits per heavy atom. The maximum absolute atomic E-state index is 13.5. The quantitative estimate of drug-likeness (QED) is 0.465. The van der Waals surface area contributed by atoms with Crippen LogP contribution in [0.15, 0.2) is 60.7 Å². The first-order chi connectivity index (χ1) is 15.4. The molecule has 32 heavy (non-hydrogen) atoms. The van der Waals surface area contributed by atoms with Crippen molar-refractivity contribution >= 4 is 23.2 Å². The van der Waals surface area contributed by atoms with Gasteiger partial charge in [0.25, 0.3) is 5.91 Å². The number of hydrogen-bond donors (Lipinski definition) is 0. The van der Waals surface area contributed by atoms with E-state index in [1.165, 1.54) is 17.0 Å². The lowest BCUT2D eigenvalue weighted by Crippen LogP contribution is -2.43. The number of carbonyl (C=O) groups is 2. The smallest absolute Gasteiger partial charge is 0.254 e. The molecule has 4 nitrogen and oxygen atoms in total. The Bertz CT molecular complexity index is 1110. The van der Waals surface area contributed by atoms with Gasteiger partial charge in [-0.3, -0.25) is 9.59 Å². The van der Waals surface area contributed by atoms with Crippen LogP contribution in [0.25, 0.3) is 0 Å². The summed E-state index contributed by atoms with van der Waals surface area (Å²) in [6, 6.07) is 17.9. The van der Waals surface area contributed by atoms with Gasteiger partial charge in [0.2, 0.25) is 5.91 Å². The van der Waals surface area contributed by atoms with E-state index in [1.54, 1.807) is 33.3 Å². The molecule has 1 aliphatic carbocycles. The second kappa shape index (κ2) is 9.65. The second-order valence-electron chi connectivity index (χ2n) is 8.37. The summed E-state index contributed by atoms with van der Waals surface area (Å²) in [6.07, 6.45) is 1.85. The Morgan fingerprint density at radius 3 is 2.31 bits per heavy atom. The van der Waals surface area contributed by atoms with Crippen LogP contribution in [0.3, 0.4) is 0 Å². The molecule has 0 spiro atoms. The van der Waals surface area contributed by atoms with E-state index in [0.717, 1.165) is 28.8 Å². The van der Waals surface area contributed by atoms with Gasteiger partial charge in [-0.25, -0.2) is 4.39 Å². The largest absolute Gasteiger partial charge is 0.332 e. The maximum Gasteiger partial charge on any atom is 0.254 e. The predicted molar refractivity (Wildman–Crippen MR) is 125 cm³/mol. The van der Waals surface area contributed by atoms with Gasteiger partial charge in [0.05, 0.1) is 6.54 Å². The second-order valence-corrected chi connectivity index (χ2v) is 9.74. The van der Waals surface area contributed by atoms with Gasteiger partial charge < -0.3 is 9.80 Å². The van der Waals surface area contributed by atoms with Crippen molar-refractivity contribution < 1.29 is 14.0 Å². The molecule has 0 saturated heterocycles. The number of amides is 2. The number of hydrogen-bond acceptors (Lipinski definition) is 3. The van der Waals surface area contributed by atoms with Gasteiger partial charge in [-0.05, 0) is 68.1 Å². The van der Waals surface area contributed by atoms with Crippen molar-refractivity contribution in [2.24, 2.45) is 0 Å². The lowest BCUT2D eigenvalue weighted by atomic mass is 10.1. The van der Waals surface area contributed by atoms with Crippen LogP contribution in [-0.4, -0.2) is 34.2 Å². The highest BCUT2D eigenvalue weighted by Gasteiger charge is 2.35. The first-order valence-electron chi connectivity index (χ1n) is 10.8. The Kier molecular flexibility index (Phi) is 6.70. The minimum atomic E-state index is -0.302. The van der Waals surface area contributed by atoms with Crippen LogP contribution in [-0.2, 0) is 17.9 Å². The Balaban J connectivity index is 1.55. The van der Waals surface area contributed by atoms with Crippen molar-refractivity contribution in [1.29, 1.82) is 0 Å². The van der Waals surface area contributed by atoms with Crippen LogP contribution in [0.2, 0.25) is 0 Å². The molecule has 2 aromatic carbocycles. The summed E-state index contributed by atoms with van der Waals surface area (Å²) in [6.45, 7) is 4.83. The third kappa shape index (κ3) is 5.43. The minimum absolute atomic E-state index is 0.0450. The molecular formula is C26H27FN2O2S. The van der Waals surface area contributed by atoms with Crippen molar-refractivity contribution in [3.05, 3.63) is 92.9 Å². The molecule has 166 valence electrons. The van der Waals surface area contributed by atoms with E-state index in [1.807, 2.05) is 50.2 Å². The zero-order valence-corrected chi connectivity index (χ0v) is 19.2. The van der Waals surface area contributed by atoms with Gasteiger partial charge in [-0.2, -0.15) is 0 Å². The summed E-state index contributed by atoms with van der Waals surface area (Å²) < 4.78 is 13.4. The van der Waals surface area contributed by atoms with Crippen LogP contribution in [0, 0.1) is 19.7 Å². The van der Waals surface area contributed by atoms with Crippen LogP contribution in [0.4, 0.5) is 4.39 Å². The zero-order valence-electron chi connectivity index (χ0n) is 18.4. The van der Waals surface area contributed by atoms with E-state index >= 15 is 0 Å². The standard InChI is InChI=1S/C26H27FN2O2S/c1-18-5-3-4-6-24(18)26(31)29(22-12-13-22)17-25(30)28(16-23-14-7-19(2)32-23)15-20-8-10-21(27)11-9-20/h3-11,14,22H,12-13,15-17H2,1-2H3. The number of benzene rings is 2. The van der Waals surface area contributed by atoms with Crippen molar-refractivity contribution in [1.82, 2.24) is 9.80 Å². The molecule has 0 radical (unpaired) electrons. The number of halogens is 1. The van der Waals surface area contributed by atoms with Gasteiger partial charge in [0.15, 0.2) is 0 Å². The van der Waals surface area contributed by atoms with Crippen LogP contribution in [0.5, 0.6) is 0 Å². The summed E-state index contributed by atoms with van der Waals surface area (Å²) in [5, 5.41) is 0. The molecule has 2 amide bonds. The summed E-state index contributed by atoms with van der Waals surface area (Å²) in [5.74, 6) is -0.494. The monoisotopic (exact) mass is 450 g/mol. The highest BCUT2D eigenvalue weighted by Crippen LogP contribution is 2.29. The molecule has 0 bridgehead atoms. The van der Waals surface area contributed by atoms with Gasteiger partial charge in [0, 0.05) is 27.9 Å². The zero-order chi connectivity index (χ0) is 22.7. The molecule has 1 saturated carbocycles. The molecule has 1 aliphatic rings. The number of rotatable bonds is 8. The van der Waals surface area contributed by atoms with Crippen molar-refractivity contribution in [3.63, 3.8) is 0 Å². The molecule has 0 N–H and O–H groups in total. The fraction of sp³-hybridized carbons (Fsp3) is 0.308. The van der Waals surface area contributed by atoms with Gasteiger partial charge >= 0.3 is 0 Å². The highest BCUT2D eigenvalue weighted by atomic mass is 32.1. The minimum Gasteiger partial charge on any atom is -0.332 e. The van der Waals surface area contributed by atoms with E-state index in [2.05, 4.69) is 0 Å². The third-order valence-electron chi connectivity index (χ3n) is 5.71. The van der Waals surface area contributed by atoms with Crippen LogP contribution < -0.4 is 0 Å². The summed E-state index contributed by atoms with van der Waals surface area (Å²) in [7, 11) is 0. The third-order valence-corrected chi connectivity index (χ3v) is 6.70. The number of nitrogens with zero attached hydrogens (tertiary/aromatic N) is 2. The van der Waals surface area contributed by atoms with Gasteiger partial charge in [0.1, 0.15) is 12.4 Å². The van der Waals surface area contributed by atoms with Gasteiger partial charge in [-0.1, -0.05) is 30.3 Å². The lowest BCUT2D eigenvalue weighted by molar-refractivity contribution is -0.133. The average Bonchev–Trinajstić information content (AvgIpc) is 3.54. The van der Waals surface area contributed by atoms with Crippen molar-refractivity contribution in [2.45, 2.75) is 45.8 Å². The molecule has 3 aromatic rings. The summed E-state index contributed by atoms with van der Waals surface area (Å²) in [4.78, 5) is 32.5. The van der Waals surface area contributed by atoms with E-state index < -0.39 is 0 Å². The number of carbonyl (C=O) groups excluding carboxylic acids is 2. The molecule has 4 rings (SSSR count). The SMILES string of the molecule is Cc1ccc(CN(Cc2ccc(F)cc2)C(=O)CN(C(=O)c2ccccc2C)C2CC2)s1. The maximum atomic E-state index is 13.5. The summed E-state index contributed by atoms with van der Waals surface area (Å²) >= 11 is 1.65. The summed E-state index contributed by atoms with van der Waals surface area (Å²) in [5.41, 5.74) is 2.41. The number of aryl methyl sites for hydroxylation is 2. The highest BCUT2D eigenvalue weighted by molar-refractivity contribution is 7.11. The molecule has 0 atom stereocenters. The topological polar surface area (TPSA) is 40.6 Å². The molecule has 6 heteroatoms. The lowest BCUT2D eigenvalue weighted by Gasteiger charge is -2.28. The van der Waals surface area contributed by atoms with Crippen molar-refractivity contribution in [3.8, 4) is 0 Å². The molecule has 1 fully saturated rings. The van der Waals surface area contributed by atoms with Gasteiger partial charge in [-0.15, -0.1) is 11.3 Å². The molecular weight excluding hydrogens is 423 g/mol. The Labute approximate surface area is 192 Å². The number of thiophene rings is 1. The molecule has 1 heterocycles. The van der Waals surface area contributed by atoms with E-state index in [0.29, 0.717) is 18.7 Å². The average molecular weight is 451 g/mol. The normalized spacial score (nSPS) is 13.1. The first kappa shape index (κ1) is 22.2. The Hall–Kier alpha value is -2.99. The van der Waals surface area contributed by atoms with E-state index in [4.69, 9.17) is 0 Å². The van der Waals surface area contributed by atoms with Crippen molar-refractivity contribution in [2.75, 3.05) is 6.54 Å². The van der Waals surface area contributed by atoms with Crippen LogP contribution in [0.1, 0.15) is 44.1 Å².